The fraction of sp³-hybridized carbons (Fsp3) is 0.0909. The van der Waals surface area contributed by atoms with Gasteiger partial charge >= 0.3 is 0 Å². The van der Waals surface area contributed by atoms with Crippen LogP contribution in [-0.4, -0.2) is 18.3 Å². The molecule has 0 atom stereocenters. The molecule has 0 aliphatic rings. The summed E-state index contributed by atoms with van der Waals surface area (Å²) in [5.41, 5.74) is 8.23. The number of aromatic nitrogens is 1. The highest BCUT2D eigenvalue weighted by atomic mass is 35.5. The number of hydrazone groups is 1. The molecule has 0 aliphatic carbocycles. The van der Waals surface area contributed by atoms with E-state index in [1.54, 1.807) is 5.38 Å². The number of rotatable bonds is 4. The molecule has 0 amide bonds. The Balaban J connectivity index is 2.18. The molecule has 2 aromatic rings. The van der Waals surface area contributed by atoms with Crippen molar-refractivity contribution in [2.24, 2.45) is 5.10 Å². The van der Waals surface area contributed by atoms with Gasteiger partial charge < -0.3 is 10.5 Å². The van der Waals surface area contributed by atoms with E-state index in [1.807, 2.05) is 0 Å². The number of methoxy groups -OCH3 is 1. The highest BCUT2D eigenvalue weighted by Gasteiger charge is 2.10. The molecule has 100 valence electrons. The lowest BCUT2D eigenvalue weighted by Crippen LogP contribution is -1.96. The first-order valence-corrected chi connectivity index (χ1v) is 6.39. The second-order valence-electron chi connectivity index (χ2n) is 3.42. The number of hydrogen-bond donors (Lipinski definition) is 2. The standard InChI is InChI=1S/C11H10ClFN4OS/c1-18-8-3-2-7(13)6(10(8)12)4-15-17-11-16-9(14)5-19-11/h2-5H,14H2,1H3,(H,16,17). The smallest absolute Gasteiger partial charge is 0.205 e. The summed E-state index contributed by atoms with van der Waals surface area (Å²) in [5, 5.41) is 6.19. The van der Waals surface area contributed by atoms with E-state index in [9.17, 15) is 4.39 Å². The van der Waals surface area contributed by atoms with Crippen molar-refractivity contribution in [3.8, 4) is 5.75 Å². The van der Waals surface area contributed by atoms with E-state index in [1.165, 1.54) is 36.8 Å². The molecule has 0 unspecified atom stereocenters. The summed E-state index contributed by atoms with van der Waals surface area (Å²) in [7, 11) is 1.45. The first-order chi connectivity index (χ1) is 9.11. The molecule has 5 nitrogen and oxygen atoms in total. The number of thiazole rings is 1. The fourth-order valence-electron chi connectivity index (χ4n) is 1.31. The molecular formula is C11H10ClFN4OS. The Morgan fingerprint density at radius 3 is 3.00 bits per heavy atom. The van der Waals surface area contributed by atoms with E-state index in [2.05, 4.69) is 15.5 Å². The van der Waals surface area contributed by atoms with E-state index in [4.69, 9.17) is 22.1 Å². The quantitative estimate of drug-likeness (QED) is 0.672. The lowest BCUT2D eigenvalue weighted by Gasteiger charge is -2.06. The van der Waals surface area contributed by atoms with Crippen molar-refractivity contribution in [3.05, 3.63) is 33.9 Å². The van der Waals surface area contributed by atoms with Crippen molar-refractivity contribution in [1.82, 2.24) is 4.98 Å². The van der Waals surface area contributed by atoms with Crippen LogP contribution < -0.4 is 15.9 Å². The molecule has 8 heteroatoms. The number of benzene rings is 1. The first-order valence-electron chi connectivity index (χ1n) is 5.14. The molecular weight excluding hydrogens is 291 g/mol. The van der Waals surface area contributed by atoms with Gasteiger partial charge in [0, 0.05) is 5.38 Å². The van der Waals surface area contributed by atoms with Gasteiger partial charge in [0.1, 0.15) is 17.4 Å². The van der Waals surface area contributed by atoms with Gasteiger partial charge in [-0.25, -0.2) is 9.37 Å². The summed E-state index contributed by atoms with van der Waals surface area (Å²) in [4.78, 5) is 3.94. The van der Waals surface area contributed by atoms with E-state index in [0.717, 1.165) is 0 Å². The van der Waals surface area contributed by atoms with Gasteiger partial charge in [0.25, 0.3) is 0 Å². The highest BCUT2D eigenvalue weighted by Crippen LogP contribution is 2.28. The number of anilines is 2. The highest BCUT2D eigenvalue weighted by molar-refractivity contribution is 7.14. The van der Waals surface area contributed by atoms with Crippen LogP contribution in [0.3, 0.4) is 0 Å². The van der Waals surface area contributed by atoms with Crippen LogP contribution in [0.15, 0.2) is 22.6 Å². The van der Waals surface area contributed by atoms with Crippen LogP contribution in [0.25, 0.3) is 0 Å². The lowest BCUT2D eigenvalue weighted by atomic mass is 10.2. The molecule has 0 radical (unpaired) electrons. The third-order valence-electron chi connectivity index (χ3n) is 2.19. The second kappa shape index (κ2) is 5.85. The fourth-order valence-corrected chi connectivity index (χ4v) is 2.14. The van der Waals surface area contributed by atoms with Crippen LogP contribution in [0.5, 0.6) is 5.75 Å². The Hall–Kier alpha value is -1.86. The van der Waals surface area contributed by atoms with Gasteiger partial charge in [-0.3, -0.25) is 5.43 Å². The normalized spacial score (nSPS) is 10.9. The molecule has 0 aliphatic heterocycles. The summed E-state index contributed by atoms with van der Waals surface area (Å²) >= 11 is 7.27. The van der Waals surface area contributed by atoms with E-state index in [0.29, 0.717) is 16.7 Å². The molecule has 0 saturated carbocycles. The van der Waals surface area contributed by atoms with Gasteiger partial charge in [-0.1, -0.05) is 11.6 Å². The number of nitrogens with zero attached hydrogens (tertiary/aromatic N) is 2. The van der Waals surface area contributed by atoms with Crippen molar-refractivity contribution in [2.75, 3.05) is 18.3 Å². The van der Waals surface area contributed by atoms with Crippen molar-refractivity contribution >= 4 is 40.1 Å². The zero-order valence-corrected chi connectivity index (χ0v) is 11.4. The Labute approximate surface area is 117 Å². The van der Waals surface area contributed by atoms with Gasteiger partial charge in [-0.15, -0.1) is 11.3 Å². The molecule has 0 saturated heterocycles. The third kappa shape index (κ3) is 3.12. The Bertz CT molecular complexity index is 617. The summed E-state index contributed by atoms with van der Waals surface area (Å²) in [6.07, 6.45) is 1.26. The van der Waals surface area contributed by atoms with E-state index in [-0.39, 0.29) is 10.6 Å². The molecule has 2 rings (SSSR count). The molecule has 1 aromatic heterocycles. The molecule has 3 N–H and O–H groups in total. The maximum absolute atomic E-state index is 13.6. The Morgan fingerprint density at radius 1 is 1.58 bits per heavy atom. The molecule has 19 heavy (non-hydrogen) atoms. The van der Waals surface area contributed by atoms with Crippen LogP contribution in [0.4, 0.5) is 15.3 Å². The van der Waals surface area contributed by atoms with Gasteiger partial charge in [0.05, 0.1) is 23.9 Å². The number of hydrogen-bond acceptors (Lipinski definition) is 6. The van der Waals surface area contributed by atoms with Crippen LogP contribution in [0, 0.1) is 5.82 Å². The topological polar surface area (TPSA) is 72.5 Å². The van der Waals surface area contributed by atoms with Crippen LogP contribution in [0.2, 0.25) is 5.02 Å². The number of nitrogens with one attached hydrogen (secondary N) is 1. The zero-order chi connectivity index (χ0) is 13.8. The van der Waals surface area contributed by atoms with Crippen LogP contribution in [-0.2, 0) is 0 Å². The number of nitrogens with two attached hydrogens (primary N) is 1. The molecule has 1 aromatic carbocycles. The predicted octanol–water partition coefficient (Wildman–Crippen LogP) is 2.97. The third-order valence-corrected chi connectivity index (χ3v) is 3.34. The Morgan fingerprint density at radius 2 is 2.37 bits per heavy atom. The minimum Gasteiger partial charge on any atom is -0.495 e. The molecule has 0 bridgehead atoms. The second-order valence-corrected chi connectivity index (χ2v) is 4.66. The van der Waals surface area contributed by atoms with Crippen molar-refractivity contribution in [2.45, 2.75) is 0 Å². The van der Waals surface area contributed by atoms with Crippen LogP contribution >= 0.6 is 22.9 Å². The van der Waals surface area contributed by atoms with Gasteiger partial charge in [-0.05, 0) is 12.1 Å². The summed E-state index contributed by atoms with van der Waals surface area (Å²) in [6.45, 7) is 0. The van der Waals surface area contributed by atoms with Gasteiger partial charge in [-0.2, -0.15) is 5.10 Å². The zero-order valence-electron chi connectivity index (χ0n) is 9.85. The maximum Gasteiger partial charge on any atom is 0.205 e. The lowest BCUT2D eigenvalue weighted by molar-refractivity contribution is 0.414. The molecule has 0 fully saturated rings. The first kappa shape index (κ1) is 13.6. The number of ether oxygens (including phenoxy) is 1. The van der Waals surface area contributed by atoms with Crippen molar-refractivity contribution in [1.29, 1.82) is 0 Å². The minimum absolute atomic E-state index is 0.137. The monoisotopic (exact) mass is 300 g/mol. The average Bonchev–Trinajstić information content (AvgIpc) is 2.79. The Kier molecular flexibility index (Phi) is 4.18. The molecule has 1 heterocycles. The summed E-state index contributed by atoms with van der Waals surface area (Å²) in [5.74, 6) is 0.284. The largest absolute Gasteiger partial charge is 0.495 e. The van der Waals surface area contributed by atoms with Crippen molar-refractivity contribution < 1.29 is 9.13 Å². The SMILES string of the molecule is COc1ccc(F)c(C=NNc2nc(N)cs2)c1Cl. The van der Waals surface area contributed by atoms with Crippen molar-refractivity contribution in [3.63, 3.8) is 0 Å². The average molecular weight is 301 g/mol. The summed E-state index contributed by atoms with van der Waals surface area (Å²) < 4.78 is 18.6. The maximum atomic E-state index is 13.6. The number of halogens is 2. The van der Waals surface area contributed by atoms with Gasteiger partial charge in [0.2, 0.25) is 5.13 Å². The van der Waals surface area contributed by atoms with E-state index >= 15 is 0 Å². The van der Waals surface area contributed by atoms with Crippen LogP contribution in [0.1, 0.15) is 5.56 Å². The van der Waals surface area contributed by atoms with Gasteiger partial charge in [0.15, 0.2) is 0 Å². The number of nitrogen functional groups attached to an aromatic ring is 1. The minimum atomic E-state index is -0.491. The van der Waals surface area contributed by atoms with E-state index < -0.39 is 5.82 Å². The summed E-state index contributed by atoms with van der Waals surface area (Å²) in [6, 6.07) is 2.71. The molecule has 0 spiro atoms. The predicted molar refractivity (Wildman–Crippen MR) is 75.7 cm³/mol.